The molecule has 1 aromatic rings. The van der Waals surface area contributed by atoms with Gasteiger partial charge < -0.3 is 10.2 Å². The number of hydrogen-bond donors (Lipinski definition) is 1. The Kier molecular flexibility index (Phi) is 4.85. The first kappa shape index (κ1) is 13.9. The molecule has 0 saturated carbocycles. The van der Waals surface area contributed by atoms with Crippen LogP contribution in [0, 0.1) is 0 Å². The number of likely N-dealkylation sites (tertiary alicyclic amines) is 1. The molecular weight excluding hydrogens is 250 g/mol. The molecule has 104 valence electrons. The van der Waals surface area contributed by atoms with E-state index in [-0.39, 0.29) is 18.5 Å². The summed E-state index contributed by atoms with van der Waals surface area (Å²) in [7, 11) is 0. The number of alkyl halides is 2. The molecule has 3 nitrogen and oxygen atoms in total. The first-order valence-corrected chi connectivity index (χ1v) is 6.52. The van der Waals surface area contributed by atoms with Crippen molar-refractivity contribution in [1.82, 2.24) is 10.2 Å². The molecule has 2 rings (SSSR count). The lowest BCUT2D eigenvalue weighted by atomic mass is 10.0. The van der Waals surface area contributed by atoms with Crippen LogP contribution < -0.4 is 5.32 Å². The van der Waals surface area contributed by atoms with Crippen molar-refractivity contribution in [3.63, 3.8) is 0 Å². The van der Waals surface area contributed by atoms with E-state index in [4.69, 9.17) is 0 Å². The lowest BCUT2D eigenvalue weighted by molar-refractivity contribution is 0.0681. The zero-order valence-electron chi connectivity index (χ0n) is 10.7. The van der Waals surface area contributed by atoms with Gasteiger partial charge in [-0.1, -0.05) is 18.2 Å². The Hall–Kier alpha value is -1.49. The summed E-state index contributed by atoms with van der Waals surface area (Å²) in [4.78, 5) is 14.0. The van der Waals surface area contributed by atoms with Crippen LogP contribution in [0.2, 0.25) is 0 Å². The van der Waals surface area contributed by atoms with Gasteiger partial charge in [-0.25, -0.2) is 8.78 Å². The Morgan fingerprint density at radius 1 is 1.37 bits per heavy atom. The Morgan fingerprint density at radius 2 is 2.11 bits per heavy atom. The predicted molar refractivity (Wildman–Crippen MR) is 69.4 cm³/mol. The summed E-state index contributed by atoms with van der Waals surface area (Å²) in [6, 6.07) is 9.03. The number of carbonyl (C=O) groups excluding carboxylic acids is 1. The van der Waals surface area contributed by atoms with Gasteiger partial charge in [0.15, 0.2) is 0 Å². The van der Waals surface area contributed by atoms with Crippen LogP contribution in [0.25, 0.3) is 0 Å². The summed E-state index contributed by atoms with van der Waals surface area (Å²) >= 11 is 0. The Balaban J connectivity index is 1.92. The van der Waals surface area contributed by atoms with Crippen LogP contribution in [-0.2, 0) is 0 Å². The first-order chi connectivity index (χ1) is 9.16. The van der Waals surface area contributed by atoms with Crippen molar-refractivity contribution >= 4 is 5.91 Å². The molecule has 5 heteroatoms. The molecule has 19 heavy (non-hydrogen) atoms. The van der Waals surface area contributed by atoms with Crippen molar-refractivity contribution in [2.45, 2.75) is 25.3 Å². The Labute approximate surface area is 111 Å². The van der Waals surface area contributed by atoms with E-state index in [2.05, 4.69) is 5.32 Å². The fourth-order valence-electron chi connectivity index (χ4n) is 2.35. The van der Waals surface area contributed by atoms with E-state index < -0.39 is 6.43 Å². The highest BCUT2D eigenvalue weighted by Crippen LogP contribution is 2.14. The molecule has 0 aromatic heterocycles. The van der Waals surface area contributed by atoms with Gasteiger partial charge in [-0.05, 0) is 25.0 Å². The Bertz CT molecular complexity index is 411. The molecule has 1 heterocycles. The number of hydrogen-bond acceptors (Lipinski definition) is 2. The fraction of sp³-hybridized carbons (Fsp3) is 0.500. The van der Waals surface area contributed by atoms with Crippen LogP contribution in [0.1, 0.15) is 23.2 Å². The number of halogens is 2. The maximum Gasteiger partial charge on any atom is 0.253 e. The van der Waals surface area contributed by atoms with E-state index in [1.807, 2.05) is 18.2 Å². The minimum atomic E-state index is -2.35. The van der Waals surface area contributed by atoms with Crippen molar-refractivity contribution < 1.29 is 13.6 Å². The number of nitrogens with one attached hydrogen (secondary N) is 1. The van der Waals surface area contributed by atoms with E-state index in [0.717, 1.165) is 12.8 Å². The molecule has 1 N–H and O–H groups in total. The SMILES string of the molecule is O=C(c1ccccc1)N1CCCC(NCC(F)F)C1. The molecule has 0 bridgehead atoms. The molecule has 0 aliphatic carbocycles. The van der Waals surface area contributed by atoms with Crippen molar-refractivity contribution in [2.24, 2.45) is 0 Å². The predicted octanol–water partition coefficient (Wildman–Crippen LogP) is 2.15. The molecule has 1 unspecified atom stereocenters. The highest BCUT2D eigenvalue weighted by molar-refractivity contribution is 5.94. The topological polar surface area (TPSA) is 32.3 Å². The highest BCUT2D eigenvalue weighted by atomic mass is 19.3. The smallest absolute Gasteiger partial charge is 0.253 e. The van der Waals surface area contributed by atoms with Gasteiger partial charge in [-0.3, -0.25) is 4.79 Å². The summed E-state index contributed by atoms with van der Waals surface area (Å²) in [5.41, 5.74) is 0.650. The minimum Gasteiger partial charge on any atom is -0.337 e. The van der Waals surface area contributed by atoms with Gasteiger partial charge in [-0.2, -0.15) is 0 Å². The second-order valence-corrected chi connectivity index (χ2v) is 4.76. The summed E-state index contributed by atoms with van der Waals surface area (Å²) in [6.45, 7) is 0.888. The largest absolute Gasteiger partial charge is 0.337 e. The Morgan fingerprint density at radius 3 is 2.79 bits per heavy atom. The molecule has 0 radical (unpaired) electrons. The van der Waals surface area contributed by atoms with Crippen molar-refractivity contribution in [2.75, 3.05) is 19.6 Å². The van der Waals surface area contributed by atoms with E-state index >= 15 is 0 Å². The summed E-state index contributed by atoms with van der Waals surface area (Å²) in [5, 5.41) is 2.81. The molecule has 1 aliphatic rings. The van der Waals surface area contributed by atoms with Crippen LogP contribution in [0.3, 0.4) is 0 Å². The number of benzene rings is 1. The summed E-state index contributed by atoms with van der Waals surface area (Å²) in [6.07, 6.45) is -0.662. The number of nitrogens with zero attached hydrogens (tertiary/aromatic N) is 1. The monoisotopic (exact) mass is 268 g/mol. The molecule has 1 saturated heterocycles. The average Bonchev–Trinajstić information content (AvgIpc) is 2.45. The van der Waals surface area contributed by atoms with Gasteiger partial charge in [0.05, 0.1) is 6.54 Å². The molecule has 1 atom stereocenters. The lowest BCUT2D eigenvalue weighted by Crippen LogP contribution is -2.48. The highest BCUT2D eigenvalue weighted by Gasteiger charge is 2.24. The van der Waals surface area contributed by atoms with E-state index in [1.54, 1.807) is 17.0 Å². The lowest BCUT2D eigenvalue weighted by Gasteiger charge is -2.33. The van der Waals surface area contributed by atoms with E-state index in [0.29, 0.717) is 18.7 Å². The normalized spacial score (nSPS) is 19.7. The standard InChI is InChI=1S/C14H18F2N2O/c15-13(16)9-17-12-7-4-8-18(10-12)14(19)11-5-2-1-3-6-11/h1-3,5-6,12-13,17H,4,7-10H2. The maximum atomic E-state index is 12.2. The molecular formula is C14H18F2N2O. The molecule has 1 aliphatic heterocycles. The van der Waals surface area contributed by atoms with Crippen molar-refractivity contribution in [1.29, 1.82) is 0 Å². The van der Waals surface area contributed by atoms with Crippen LogP contribution in [0.15, 0.2) is 30.3 Å². The maximum absolute atomic E-state index is 12.2. The quantitative estimate of drug-likeness (QED) is 0.907. The van der Waals surface area contributed by atoms with E-state index in [1.165, 1.54) is 0 Å². The van der Waals surface area contributed by atoms with Crippen LogP contribution >= 0.6 is 0 Å². The number of piperidine rings is 1. The third-order valence-electron chi connectivity index (χ3n) is 3.29. The zero-order valence-corrected chi connectivity index (χ0v) is 10.7. The van der Waals surface area contributed by atoms with Gasteiger partial charge in [-0.15, -0.1) is 0 Å². The van der Waals surface area contributed by atoms with Crippen LogP contribution in [0.5, 0.6) is 0 Å². The summed E-state index contributed by atoms with van der Waals surface area (Å²) in [5.74, 6) is -0.0239. The second kappa shape index (κ2) is 6.61. The number of carbonyl (C=O) groups is 1. The van der Waals surface area contributed by atoms with E-state index in [9.17, 15) is 13.6 Å². The van der Waals surface area contributed by atoms with Gasteiger partial charge >= 0.3 is 0 Å². The molecule has 1 amide bonds. The van der Waals surface area contributed by atoms with Crippen molar-refractivity contribution in [3.05, 3.63) is 35.9 Å². The summed E-state index contributed by atoms with van der Waals surface area (Å²) < 4.78 is 24.3. The minimum absolute atomic E-state index is 0.0239. The first-order valence-electron chi connectivity index (χ1n) is 6.52. The third-order valence-corrected chi connectivity index (χ3v) is 3.29. The van der Waals surface area contributed by atoms with Gasteiger partial charge in [0, 0.05) is 24.7 Å². The van der Waals surface area contributed by atoms with Crippen LogP contribution in [-0.4, -0.2) is 42.9 Å². The molecule has 1 aromatic carbocycles. The number of amides is 1. The number of rotatable bonds is 4. The molecule has 1 fully saturated rings. The fourth-order valence-corrected chi connectivity index (χ4v) is 2.35. The second-order valence-electron chi connectivity index (χ2n) is 4.76. The van der Waals surface area contributed by atoms with Gasteiger partial charge in [0.1, 0.15) is 0 Å². The molecule has 0 spiro atoms. The van der Waals surface area contributed by atoms with Crippen LogP contribution in [0.4, 0.5) is 8.78 Å². The third kappa shape index (κ3) is 3.99. The average molecular weight is 268 g/mol. The van der Waals surface area contributed by atoms with Gasteiger partial charge in [0.25, 0.3) is 12.3 Å². The van der Waals surface area contributed by atoms with Gasteiger partial charge in [0.2, 0.25) is 0 Å². The zero-order chi connectivity index (χ0) is 13.7. The van der Waals surface area contributed by atoms with Crippen molar-refractivity contribution in [3.8, 4) is 0 Å².